The fraction of sp³-hybridized carbons (Fsp3) is 0.375. The Morgan fingerprint density at radius 3 is 2.25 bits per heavy atom. The van der Waals surface area contributed by atoms with Crippen molar-refractivity contribution in [2.75, 3.05) is 7.11 Å². The molecule has 0 atom stereocenters. The standard InChI is InChI=1S/C8H5F6NO/c1-16-7-4(8(12,13)14)2-3(5(9)10)6(11)15-7/h2,5H,1H3. The number of ether oxygens (including phenoxy) is 1. The SMILES string of the molecule is COc1nc(F)c(C(F)F)cc1C(F)(F)F. The van der Waals surface area contributed by atoms with Crippen LogP contribution in [0.25, 0.3) is 0 Å². The molecule has 0 aliphatic rings. The van der Waals surface area contributed by atoms with Crippen molar-refractivity contribution in [1.82, 2.24) is 4.98 Å². The van der Waals surface area contributed by atoms with E-state index in [2.05, 4.69) is 9.72 Å². The molecule has 0 aliphatic carbocycles. The molecule has 0 saturated heterocycles. The van der Waals surface area contributed by atoms with Crippen LogP contribution in [0.5, 0.6) is 5.88 Å². The van der Waals surface area contributed by atoms with Gasteiger partial charge in [-0.1, -0.05) is 0 Å². The minimum atomic E-state index is -4.93. The highest BCUT2D eigenvalue weighted by Gasteiger charge is 2.37. The molecule has 0 N–H and O–H groups in total. The van der Waals surface area contributed by atoms with E-state index >= 15 is 0 Å². The first kappa shape index (κ1) is 12.6. The number of hydrogen-bond donors (Lipinski definition) is 0. The lowest BCUT2D eigenvalue weighted by atomic mass is 10.2. The smallest absolute Gasteiger partial charge is 0.421 e. The van der Waals surface area contributed by atoms with Gasteiger partial charge in [0.1, 0.15) is 5.56 Å². The van der Waals surface area contributed by atoms with Gasteiger partial charge >= 0.3 is 6.18 Å². The van der Waals surface area contributed by atoms with E-state index in [0.717, 1.165) is 7.11 Å². The van der Waals surface area contributed by atoms with Crippen LogP contribution in [0.3, 0.4) is 0 Å². The molecule has 1 heterocycles. The summed E-state index contributed by atoms with van der Waals surface area (Å²) in [5.74, 6) is -2.76. The molecule has 0 unspecified atom stereocenters. The summed E-state index contributed by atoms with van der Waals surface area (Å²) in [5, 5.41) is 0. The molecule has 0 spiro atoms. The van der Waals surface area contributed by atoms with E-state index in [0.29, 0.717) is 0 Å². The van der Waals surface area contributed by atoms with Gasteiger partial charge in [-0.2, -0.15) is 22.5 Å². The number of aromatic nitrogens is 1. The maximum atomic E-state index is 12.8. The molecular formula is C8H5F6NO. The molecule has 0 amide bonds. The quantitative estimate of drug-likeness (QED) is 0.589. The number of nitrogens with zero attached hydrogens (tertiary/aromatic N) is 1. The fourth-order valence-electron chi connectivity index (χ4n) is 1.00. The van der Waals surface area contributed by atoms with Gasteiger partial charge in [0, 0.05) is 0 Å². The zero-order chi connectivity index (χ0) is 12.5. The minimum Gasteiger partial charge on any atom is -0.480 e. The molecular weight excluding hydrogens is 240 g/mol. The highest BCUT2D eigenvalue weighted by atomic mass is 19.4. The molecule has 2 nitrogen and oxygen atoms in total. The average Bonchev–Trinajstić information content (AvgIpc) is 2.14. The second-order valence-corrected chi connectivity index (χ2v) is 2.72. The maximum absolute atomic E-state index is 12.8. The average molecular weight is 245 g/mol. The summed E-state index contributed by atoms with van der Waals surface area (Å²) in [6, 6.07) is -0.00810. The summed E-state index contributed by atoms with van der Waals surface area (Å²) in [5.41, 5.74) is -2.94. The van der Waals surface area contributed by atoms with Gasteiger partial charge in [-0.3, -0.25) is 0 Å². The van der Waals surface area contributed by atoms with Gasteiger partial charge in [0.2, 0.25) is 11.8 Å². The molecule has 0 radical (unpaired) electrons. The van der Waals surface area contributed by atoms with Crippen LogP contribution in [0.1, 0.15) is 17.6 Å². The number of rotatable bonds is 2. The third-order valence-electron chi connectivity index (χ3n) is 1.70. The Balaban J connectivity index is 3.41. The number of pyridine rings is 1. The maximum Gasteiger partial charge on any atom is 0.421 e. The number of halogens is 6. The zero-order valence-electron chi connectivity index (χ0n) is 7.78. The van der Waals surface area contributed by atoms with Crippen LogP contribution in [0, 0.1) is 5.95 Å². The summed E-state index contributed by atoms with van der Waals surface area (Å²) in [7, 11) is 0.832. The van der Waals surface area contributed by atoms with Crippen molar-refractivity contribution in [2.45, 2.75) is 12.6 Å². The molecule has 0 bridgehead atoms. The van der Waals surface area contributed by atoms with Gasteiger partial charge in [-0.25, -0.2) is 8.78 Å². The van der Waals surface area contributed by atoms with Gasteiger partial charge in [-0.05, 0) is 6.07 Å². The van der Waals surface area contributed by atoms with E-state index in [1.165, 1.54) is 0 Å². The van der Waals surface area contributed by atoms with Gasteiger partial charge in [0.05, 0.1) is 12.7 Å². The molecule has 0 aliphatic heterocycles. The second kappa shape index (κ2) is 4.18. The van der Waals surface area contributed by atoms with E-state index in [9.17, 15) is 26.3 Å². The first-order valence-corrected chi connectivity index (χ1v) is 3.87. The molecule has 8 heteroatoms. The normalized spacial score (nSPS) is 12.0. The van der Waals surface area contributed by atoms with Gasteiger partial charge in [-0.15, -0.1) is 0 Å². The highest BCUT2D eigenvalue weighted by molar-refractivity contribution is 5.33. The first-order valence-electron chi connectivity index (χ1n) is 3.87. The second-order valence-electron chi connectivity index (χ2n) is 2.72. The van der Waals surface area contributed by atoms with Crippen LogP contribution in [0.2, 0.25) is 0 Å². The number of alkyl halides is 5. The van der Waals surface area contributed by atoms with E-state index in [1.807, 2.05) is 0 Å². The topological polar surface area (TPSA) is 22.1 Å². The predicted molar refractivity (Wildman–Crippen MR) is 40.7 cm³/mol. The molecule has 0 aromatic carbocycles. The van der Waals surface area contributed by atoms with Crippen molar-refractivity contribution in [3.8, 4) is 5.88 Å². The van der Waals surface area contributed by atoms with Crippen LogP contribution >= 0.6 is 0 Å². The first-order chi connectivity index (χ1) is 7.27. The van der Waals surface area contributed by atoms with Gasteiger partial charge in [0.25, 0.3) is 6.43 Å². The Morgan fingerprint density at radius 2 is 1.88 bits per heavy atom. The lowest BCUT2D eigenvalue weighted by molar-refractivity contribution is -0.139. The lowest BCUT2D eigenvalue weighted by Gasteiger charge is -2.12. The minimum absolute atomic E-state index is 0.00810. The lowest BCUT2D eigenvalue weighted by Crippen LogP contribution is -2.11. The Bertz CT molecular complexity index is 389. The van der Waals surface area contributed by atoms with Crippen molar-refractivity contribution < 1.29 is 31.1 Å². The van der Waals surface area contributed by atoms with Crippen LogP contribution < -0.4 is 4.74 Å². The van der Waals surface area contributed by atoms with Crippen molar-refractivity contribution in [1.29, 1.82) is 0 Å². The van der Waals surface area contributed by atoms with E-state index in [1.54, 1.807) is 0 Å². The predicted octanol–water partition coefficient (Wildman–Crippen LogP) is 3.19. The molecule has 90 valence electrons. The van der Waals surface area contributed by atoms with E-state index < -0.39 is 35.6 Å². The van der Waals surface area contributed by atoms with Crippen LogP contribution in [-0.4, -0.2) is 12.1 Å². The van der Waals surface area contributed by atoms with Crippen LogP contribution in [0.4, 0.5) is 26.3 Å². The Hall–Kier alpha value is -1.47. The zero-order valence-corrected chi connectivity index (χ0v) is 7.78. The van der Waals surface area contributed by atoms with Crippen molar-refractivity contribution >= 4 is 0 Å². The molecule has 0 saturated carbocycles. The number of hydrogen-bond acceptors (Lipinski definition) is 2. The Kier molecular flexibility index (Phi) is 3.30. The third-order valence-corrected chi connectivity index (χ3v) is 1.70. The fourth-order valence-corrected chi connectivity index (χ4v) is 1.00. The summed E-state index contributed by atoms with van der Waals surface area (Å²) >= 11 is 0. The molecule has 16 heavy (non-hydrogen) atoms. The Morgan fingerprint density at radius 1 is 1.31 bits per heavy atom. The van der Waals surface area contributed by atoms with Crippen LogP contribution in [0.15, 0.2) is 6.07 Å². The van der Waals surface area contributed by atoms with Crippen LogP contribution in [-0.2, 0) is 6.18 Å². The molecule has 1 aromatic heterocycles. The van der Waals surface area contributed by atoms with Gasteiger partial charge < -0.3 is 4.74 Å². The van der Waals surface area contributed by atoms with Crippen molar-refractivity contribution in [3.05, 3.63) is 23.1 Å². The summed E-state index contributed by atoms with van der Waals surface area (Å²) in [4.78, 5) is 2.69. The highest BCUT2D eigenvalue weighted by Crippen LogP contribution is 2.37. The third kappa shape index (κ3) is 2.37. The Labute approximate surface area is 85.9 Å². The summed E-state index contributed by atoms with van der Waals surface area (Å²) < 4.78 is 78.2. The van der Waals surface area contributed by atoms with Crippen molar-refractivity contribution in [2.24, 2.45) is 0 Å². The van der Waals surface area contributed by atoms with E-state index in [-0.39, 0.29) is 6.07 Å². The largest absolute Gasteiger partial charge is 0.480 e. The van der Waals surface area contributed by atoms with Gasteiger partial charge in [0.15, 0.2) is 0 Å². The van der Waals surface area contributed by atoms with E-state index in [4.69, 9.17) is 0 Å². The molecule has 1 aromatic rings. The summed E-state index contributed by atoms with van der Waals surface area (Å²) in [6.07, 6.45) is -8.31. The molecule has 0 fully saturated rings. The molecule has 1 rings (SSSR count). The van der Waals surface area contributed by atoms with Crippen molar-refractivity contribution in [3.63, 3.8) is 0 Å². The summed E-state index contributed by atoms with van der Waals surface area (Å²) in [6.45, 7) is 0. The monoisotopic (exact) mass is 245 g/mol. The number of methoxy groups -OCH3 is 1.